The summed E-state index contributed by atoms with van der Waals surface area (Å²) in [5.74, 6) is 1.77. The van der Waals surface area contributed by atoms with E-state index in [1.165, 1.54) is 17.0 Å². The Balaban J connectivity index is 1.19. The smallest absolute Gasteiger partial charge is 0.331 e. The monoisotopic (exact) mass is 458 g/mol. The number of carbonyl (C=O) groups excluding carboxylic acids is 1. The summed E-state index contributed by atoms with van der Waals surface area (Å²) in [6, 6.07) is 8.53. The van der Waals surface area contributed by atoms with Crippen molar-refractivity contribution < 1.29 is 18.4 Å². The molecule has 1 aliphatic carbocycles. The largest absolute Gasteiger partial charge is 0.439 e. The highest BCUT2D eigenvalue weighted by Gasteiger charge is 2.19. The predicted molar refractivity (Wildman–Crippen MR) is 122 cm³/mol. The van der Waals surface area contributed by atoms with Crippen LogP contribution in [0, 0.1) is 0 Å². The average Bonchev–Trinajstić information content (AvgIpc) is 3.59. The highest BCUT2D eigenvalue weighted by molar-refractivity contribution is 5.98. The number of benzene rings is 1. The van der Waals surface area contributed by atoms with Gasteiger partial charge in [0.05, 0.1) is 16.8 Å². The Kier molecular flexibility index (Phi) is 4.92. The molecule has 1 amide bonds. The molecule has 0 saturated heterocycles. The standard InChI is InChI=1S/C24H19FN6O3/c25-16-3-1-14(2-4-16)21-10-22(30-34-21)29-24(32)31-8-7-15-9-17(5-6-20(15)31)33-23-18-11-26-12-19(18)27-13-28-23/h1,3,5-10,13,26H,2,4,11-12H2,(H,29,30,32). The summed E-state index contributed by atoms with van der Waals surface area (Å²) in [7, 11) is 0. The molecule has 1 aromatic carbocycles. The Morgan fingerprint density at radius 1 is 1.15 bits per heavy atom. The predicted octanol–water partition coefficient (Wildman–Crippen LogP) is 4.93. The molecule has 0 saturated carbocycles. The second-order valence-electron chi connectivity index (χ2n) is 8.03. The van der Waals surface area contributed by atoms with Gasteiger partial charge in [-0.1, -0.05) is 11.2 Å². The Morgan fingerprint density at radius 2 is 2.09 bits per heavy atom. The normalized spacial score (nSPS) is 15.1. The van der Waals surface area contributed by atoms with E-state index >= 15 is 0 Å². The van der Waals surface area contributed by atoms with Crippen LogP contribution in [0.25, 0.3) is 16.5 Å². The minimum atomic E-state index is -0.383. The maximum Gasteiger partial charge on any atom is 0.331 e. The van der Waals surface area contributed by atoms with Crippen LogP contribution in [0.4, 0.5) is 15.0 Å². The van der Waals surface area contributed by atoms with Crippen LogP contribution in [0.3, 0.4) is 0 Å². The highest BCUT2D eigenvalue weighted by Crippen LogP contribution is 2.31. The maximum absolute atomic E-state index is 13.2. The van der Waals surface area contributed by atoms with E-state index in [0.29, 0.717) is 48.8 Å². The Labute approximate surface area is 192 Å². The molecule has 0 bridgehead atoms. The van der Waals surface area contributed by atoms with E-state index in [1.54, 1.807) is 24.4 Å². The van der Waals surface area contributed by atoms with Crippen molar-refractivity contribution in [1.29, 1.82) is 0 Å². The minimum absolute atomic E-state index is 0.164. The third kappa shape index (κ3) is 3.73. The van der Waals surface area contributed by atoms with E-state index in [2.05, 4.69) is 25.8 Å². The van der Waals surface area contributed by atoms with E-state index in [0.717, 1.165) is 22.2 Å². The van der Waals surface area contributed by atoms with Gasteiger partial charge in [-0.3, -0.25) is 9.88 Å². The van der Waals surface area contributed by atoms with Crippen molar-refractivity contribution in [2.75, 3.05) is 5.32 Å². The summed E-state index contributed by atoms with van der Waals surface area (Å²) < 4.78 is 26.0. The summed E-state index contributed by atoms with van der Waals surface area (Å²) in [4.78, 5) is 21.4. The lowest BCUT2D eigenvalue weighted by molar-refractivity contribution is 0.254. The third-order valence-corrected chi connectivity index (χ3v) is 5.84. The molecule has 6 rings (SSSR count). The molecule has 4 heterocycles. The number of carbonyl (C=O) groups is 1. The Morgan fingerprint density at radius 3 is 2.97 bits per heavy atom. The number of allylic oxidation sites excluding steroid dienone is 4. The third-order valence-electron chi connectivity index (χ3n) is 5.84. The number of aromatic nitrogens is 4. The van der Waals surface area contributed by atoms with Crippen molar-refractivity contribution in [3.8, 4) is 11.6 Å². The number of hydrogen-bond acceptors (Lipinski definition) is 7. The van der Waals surface area contributed by atoms with Crippen molar-refractivity contribution in [3.63, 3.8) is 0 Å². The van der Waals surface area contributed by atoms with Gasteiger partial charge >= 0.3 is 6.03 Å². The minimum Gasteiger partial charge on any atom is -0.439 e. The van der Waals surface area contributed by atoms with Gasteiger partial charge in [0.1, 0.15) is 17.9 Å². The zero-order valence-electron chi connectivity index (χ0n) is 17.9. The summed E-state index contributed by atoms with van der Waals surface area (Å²) in [6.45, 7) is 1.37. The van der Waals surface area contributed by atoms with E-state index in [1.807, 2.05) is 18.2 Å². The van der Waals surface area contributed by atoms with E-state index in [4.69, 9.17) is 9.26 Å². The first-order chi connectivity index (χ1) is 16.6. The number of nitrogens with zero attached hydrogens (tertiary/aromatic N) is 4. The zero-order valence-corrected chi connectivity index (χ0v) is 17.9. The van der Waals surface area contributed by atoms with Crippen molar-refractivity contribution >= 4 is 28.3 Å². The number of ether oxygens (including phenoxy) is 1. The first kappa shape index (κ1) is 20.3. The second-order valence-corrected chi connectivity index (χ2v) is 8.03. The van der Waals surface area contributed by atoms with Crippen LogP contribution in [0.15, 0.2) is 65.4 Å². The number of anilines is 1. The molecule has 2 aliphatic rings. The van der Waals surface area contributed by atoms with Crippen LogP contribution in [-0.4, -0.2) is 25.7 Å². The van der Waals surface area contributed by atoms with E-state index in [-0.39, 0.29) is 17.7 Å². The van der Waals surface area contributed by atoms with Crippen molar-refractivity contribution in [2.45, 2.75) is 25.9 Å². The van der Waals surface area contributed by atoms with Gasteiger partial charge in [0, 0.05) is 37.2 Å². The SMILES string of the molecule is O=C(Nc1cc(C2=CC=C(F)CC2)on1)n1ccc2cc(Oc3ncnc4c3CNC4)ccc21. The first-order valence-electron chi connectivity index (χ1n) is 10.8. The van der Waals surface area contributed by atoms with Gasteiger partial charge in [-0.25, -0.2) is 19.2 Å². The van der Waals surface area contributed by atoms with Crippen LogP contribution in [-0.2, 0) is 13.1 Å². The summed E-state index contributed by atoms with van der Waals surface area (Å²) in [5.41, 5.74) is 3.43. The van der Waals surface area contributed by atoms with Gasteiger partial charge in [0.25, 0.3) is 0 Å². The molecule has 0 unspecified atom stereocenters. The molecule has 1 aliphatic heterocycles. The van der Waals surface area contributed by atoms with Crippen LogP contribution >= 0.6 is 0 Å². The Bertz CT molecular complexity index is 1490. The fourth-order valence-electron chi connectivity index (χ4n) is 4.10. The lowest BCUT2D eigenvalue weighted by atomic mass is 10.0. The molecule has 4 aromatic rings. The molecule has 0 spiro atoms. The molecule has 3 aromatic heterocycles. The lowest BCUT2D eigenvalue weighted by Gasteiger charge is -2.09. The molecular formula is C24H19FN6O3. The van der Waals surface area contributed by atoms with E-state index < -0.39 is 0 Å². The quantitative estimate of drug-likeness (QED) is 0.447. The summed E-state index contributed by atoms with van der Waals surface area (Å²) in [6.07, 6.45) is 7.09. The molecule has 0 atom stereocenters. The van der Waals surface area contributed by atoms with Gasteiger partial charge in [-0.2, -0.15) is 0 Å². The average molecular weight is 458 g/mol. The number of rotatable bonds is 4. The number of amides is 1. The molecule has 10 heteroatoms. The van der Waals surface area contributed by atoms with Gasteiger partial charge in [0.15, 0.2) is 11.6 Å². The first-order valence-corrected chi connectivity index (χ1v) is 10.8. The van der Waals surface area contributed by atoms with Crippen LogP contribution in [0.2, 0.25) is 0 Å². The maximum atomic E-state index is 13.2. The van der Waals surface area contributed by atoms with Crippen LogP contribution in [0.5, 0.6) is 11.6 Å². The fraction of sp³-hybridized carbons (Fsp3) is 0.167. The van der Waals surface area contributed by atoms with Crippen molar-refractivity contribution in [2.24, 2.45) is 0 Å². The zero-order chi connectivity index (χ0) is 23.1. The fourth-order valence-corrected chi connectivity index (χ4v) is 4.10. The Hall–Kier alpha value is -4.31. The van der Waals surface area contributed by atoms with Crippen LogP contribution < -0.4 is 15.4 Å². The number of fused-ring (bicyclic) bond motifs is 2. The molecule has 170 valence electrons. The second kappa shape index (κ2) is 8.23. The molecule has 9 nitrogen and oxygen atoms in total. The van der Waals surface area contributed by atoms with Crippen molar-refractivity contribution in [3.05, 3.63) is 77.9 Å². The van der Waals surface area contributed by atoms with Gasteiger partial charge in [0.2, 0.25) is 5.88 Å². The molecule has 0 fully saturated rings. The highest BCUT2D eigenvalue weighted by atomic mass is 19.1. The van der Waals surface area contributed by atoms with Gasteiger partial charge in [-0.15, -0.1) is 0 Å². The number of halogens is 1. The van der Waals surface area contributed by atoms with Crippen LogP contribution in [0.1, 0.15) is 29.9 Å². The molecule has 0 radical (unpaired) electrons. The van der Waals surface area contributed by atoms with Gasteiger partial charge in [-0.05, 0) is 42.3 Å². The molecular weight excluding hydrogens is 439 g/mol. The summed E-state index contributed by atoms with van der Waals surface area (Å²) >= 11 is 0. The molecule has 2 N–H and O–H groups in total. The lowest BCUT2D eigenvalue weighted by Crippen LogP contribution is -2.18. The van der Waals surface area contributed by atoms with E-state index in [9.17, 15) is 9.18 Å². The number of hydrogen-bond donors (Lipinski definition) is 2. The van der Waals surface area contributed by atoms with Crippen molar-refractivity contribution in [1.82, 2.24) is 25.0 Å². The summed E-state index contributed by atoms with van der Waals surface area (Å²) in [5, 5.41) is 10.7. The van der Waals surface area contributed by atoms with Gasteiger partial charge < -0.3 is 14.6 Å². The molecule has 34 heavy (non-hydrogen) atoms. The topological polar surface area (TPSA) is 107 Å². The number of nitrogens with one attached hydrogen (secondary N) is 2.